The number of fused-ring (bicyclic) bond motifs is 5. The predicted molar refractivity (Wildman–Crippen MR) is 159 cm³/mol. The number of ether oxygens (including phenoxy) is 3. The SMILES string of the molecule is CO[C@H]1[C@H](O[C@H]2CC[C@@]3(C)[C@H](C2)[C@@H](O)[C@@H](O)[C@]2(O)[C@@H]3CC[C@]3(C)[C@@H]([C@H](C)CCC[C@H](C)CO)[C@@H](O)[C@H](O)[C@H]32)OC[C@@H](O)[C@@H]1O. The highest BCUT2D eigenvalue weighted by Gasteiger charge is 2.75. The zero-order valence-corrected chi connectivity index (χ0v) is 27.0. The van der Waals surface area contributed by atoms with Gasteiger partial charge in [0.1, 0.15) is 30.0 Å². The molecule has 0 radical (unpaired) electrons. The normalized spacial score (nSPS) is 53.8. The average Bonchev–Trinajstić information content (AvgIpc) is 3.19. The van der Waals surface area contributed by atoms with Crippen molar-refractivity contribution in [3.05, 3.63) is 0 Å². The smallest absolute Gasteiger partial charge is 0.186 e. The largest absolute Gasteiger partial charge is 0.396 e. The lowest BCUT2D eigenvalue weighted by Crippen LogP contribution is -2.75. The molecule has 0 amide bonds. The van der Waals surface area contributed by atoms with Crippen LogP contribution in [0.1, 0.15) is 79.1 Å². The van der Waals surface area contributed by atoms with Crippen LogP contribution >= 0.6 is 0 Å². The summed E-state index contributed by atoms with van der Waals surface area (Å²) in [7, 11) is 1.42. The molecule has 5 fully saturated rings. The molecule has 4 saturated carbocycles. The van der Waals surface area contributed by atoms with Crippen LogP contribution in [-0.4, -0.2) is 122 Å². The van der Waals surface area contributed by atoms with E-state index in [1.54, 1.807) is 0 Å². The molecule has 1 heterocycles. The van der Waals surface area contributed by atoms with Gasteiger partial charge in [-0.2, -0.15) is 0 Å². The van der Waals surface area contributed by atoms with Crippen molar-refractivity contribution in [3.8, 4) is 0 Å². The van der Waals surface area contributed by atoms with Gasteiger partial charge in [-0.05, 0) is 78.9 Å². The van der Waals surface area contributed by atoms with E-state index >= 15 is 0 Å². The van der Waals surface area contributed by atoms with Gasteiger partial charge in [0.05, 0.1) is 31.0 Å². The molecule has 4 aliphatic carbocycles. The van der Waals surface area contributed by atoms with E-state index < -0.39 is 83.2 Å². The molecule has 18 atom stereocenters. The van der Waals surface area contributed by atoms with E-state index in [4.69, 9.17) is 14.2 Å². The van der Waals surface area contributed by atoms with Crippen molar-refractivity contribution in [1.82, 2.24) is 0 Å². The highest BCUT2D eigenvalue weighted by atomic mass is 16.7. The molecule has 0 aromatic carbocycles. The van der Waals surface area contributed by atoms with Crippen LogP contribution in [0.25, 0.3) is 0 Å². The summed E-state index contributed by atoms with van der Waals surface area (Å²) in [6.07, 6.45) is -4.05. The summed E-state index contributed by atoms with van der Waals surface area (Å²) < 4.78 is 17.3. The summed E-state index contributed by atoms with van der Waals surface area (Å²) in [5.41, 5.74) is -3.00. The topological polar surface area (TPSA) is 190 Å². The first-order valence-corrected chi connectivity index (χ1v) is 16.9. The van der Waals surface area contributed by atoms with Gasteiger partial charge < -0.3 is 55.1 Å². The van der Waals surface area contributed by atoms with Crippen molar-refractivity contribution in [2.75, 3.05) is 20.3 Å². The maximum absolute atomic E-state index is 12.7. The van der Waals surface area contributed by atoms with E-state index in [9.17, 15) is 40.9 Å². The van der Waals surface area contributed by atoms with Crippen LogP contribution in [0.5, 0.6) is 0 Å². The van der Waals surface area contributed by atoms with Crippen LogP contribution in [-0.2, 0) is 14.2 Å². The van der Waals surface area contributed by atoms with Crippen LogP contribution in [0, 0.1) is 46.3 Å². The molecular formula is C33H58O11. The Morgan fingerprint density at radius 3 is 2.23 bits per heavy atom. The van der Waals surface area contributed by atoms with Gasteiger partial charge in [0.15, 0.2) is 6.29 Å². The molecule has 44 heavy (non-hydrogen) atoms. The van der Waals surface area contributed by atoms with Gasteiger partial charge in [-0.15, -0.1) is 0 Å². The first-order chi connectivity index (χ1) is 20.7. The molecule has 11 nitrogen and oxygen atoms in total. The molecule has 0 bridgehead atoms. The summed E-state index contributed by atoms with van der Waals surface area (Å²) in [5.74, 6) is -1.65. The van der Waals surface area contributed by atoms with Crippen molar-refractivity contribution in [2.45, 2.75) is 140 Å². The molecule has 1 aliphatic heterocycles. The maximum Gasteiger partial charge on any atom is 0.186 e. The van der Waals surface area contributed by atoms with Crippen molar-refractivity contribution >= 4 is 0 Å². The van der Waals surface area contributed by atoms with Crippen LogP contribution in [0.2, 0.25) is 0 Å². The third kappa shape index (κ3) is 5.40. The Morgan fingerprint density at radius 2 is 1.57 bits per heavy atom. The fourth-order valence-electron chi connectivity index (χ4n) is 10.9. The molecule has 0 aromatic heterocycles. The fraction of sp³-hybridized carbons (Fsp3) is 1.00. The van der Waals surface area contributed by atoms with E-state index in [2.05, 4.69) is 13.8 Å². The third-order valence-corrected chi connectivity index (χ3v) is 13.2. The summed E-state index contributed by atoms with van der Waals surface area (Å²) >= 11 is 0. The van der Waals surface area contributed by atoms with E-state index in [0.717, 1.165) is 19.3 Å². The van der Waals surface area contributed by atoms with Crippen molar-refractivity contribution in [1.29, 1.82) is 0 Å². The van der Waals surface area contributed by atoms with Gasteiger partial charge in [0.2, 0.25) is 0 Å². The van der Waals surface area contributed by atoms with Gasteiger partial charge in [0.25, 0.3) is 0 Å². The Bertz CT molecular complexity index is 985. The summed E-state index contributed by atoms with van der Waals surface area (Å²) in [6, 6.07) is 0. The van der Waals surface area contributed by atoms with Crippen molar-refractivity contribution in [3.63, 3.8) is 0 Å². The van der Waals surface area contributed by atoms with Gasteiger partial charge >= 0.3 is 0 Å². The Kier molecular flexibility index (Phi) is 10.2. The number of hydrogen-bond donors (Lipinski definition) is 8. The van der Waals surface area contributed by atoms with E-state index in [0.29, 0.717) is 32.1 Å². The third-order valence-electron chi connectivity index (χ3n) is 13.2. The van der Waals surface area contributed by atoms with Crippen LogP contribution in [0.3, 0.4) is 0 Å². The Balaban J connectivity index is 1.36. The molecule has 0 aromatic rings. The van der Waals surface area contributed by atoms with Gasteiger partial charge in [-0.1, -0.05) is 40.5 Å². The highest BCUT2D eigenvalue weighted by Crippen LogP contribution is 2.70. The van der Waals surface area contributed by atoms with Gasteiger partial charge in [-0.3, -0.25) is 0 Å². The first kappa shape index (κ1) is 34.9. The fourth-order valence-corrected chi connectivity index (χ4v) is 10.9. The zero-order chi connectivity index (χ0) is 32.4. The predicted octanol–water partition coefficient (Wildman–Crippen LogP) is 0.557. The van der Waals surface area contributed by atoms with Crippen molar-refractivity contribution in [2.24, 2.45) is 46.3 Å². The van der Waals surface area contributed by atoms with E-state index in [1.807, 2.05) is 13.8 Å². The molecular weight excluding hydrogens is 572 g/mol. The van der Waals surface area contributed by atoms with Crippen LogP contribution in [0.15, 0.2) is 0 Å². The molecule has 5 rings (SSSR count). The minimum atomic E-state index is -1.79. The van der Waals surface area contributed by atoms with E-state index in [-0.39, 0.29) is 37.1 Å². The number of rotatable bonds is 9. The van der Waals surface area contributed by atoms with Crippen molar-refractivity contribution < 1.29 is 55.1 Å². The number of hydrogen-bond acceptors (Lipinski definition) is 11. The number of methoxy groups -OCH3 is 1. The van der Waals surface area contributed by atoms with E-state index in [1.165, 1.54) is 7.11 Å². The second-order valence-electron chi connectivity index (χ2n) is 15.7. The van der Waals surface area contributed by atoms with Gasteiger partial charge in [0, 0.05) is 19.6 Å². The summed E-state index contributed by atoms with van der Waals surface area (Å²) in [4.78, 5) is 0. The Labute approximate surface area is 261 Å². The summed E-state index contributed by atoms with van der Waals surface area (Å²) in [6.45, 7) is 8.23. The zero-order valence-electron chi connectivity index (χ0n) is 27.0. The molecule has 1 saturated heterocycles. The number of aliphatic hydroxyl groups is 8. The Morgan fingerprint density at radius 1 is 0.886 bits per heavy atom. The molecule has 0 spiro atoms. The average molecular weight is 631 g/mol. The Hall–Kier alpha value is -0.440. The highest BCUT2D eigenvalue weighted by molar-refractivity contribution is 5.24. The molecule has 11 heteroatoms. The second-order valence-corrected chi connectivity index (χ2v) is 15.7. The first-order valence-electron chi connectivity index (χ1n) is 16.9. The van der Waals surface area contributed by atoms with Crippen LogP contribution in [0.4, 0.5) is 0 Å². The quantitative estimate of drug-likeness (QED) is 0.166. The maximum atomic E-state index is 12.7. The molecule has 8 N–H and O–H groups in total. The monoisotopic (exact) mass is 630 g/mol. The molecule has 256 valence electrons. The second kappa shape index (κ2) is 12.9. The molecule has 5 aliphatic rings. The minimum absolute atomic E-state index is 0.0554. The van der Waals surface area contributed by atoms with Crippen LogP contribution < -0.4 is 0 Å². The number of aliphatic hydroxyl groups excluding tert-OH is 7. The van der Waals surface area contributed by atoms with Gasteiger partial charge in [-0.25, -0.2) is 0 Å². The lowest BCUT2D eigenvalue weighted by Gasteiger charge is -2.67. The standard InChI is InChI=1S/C33H58O11/c1-16(14-34)7-6-8-17(2)22-25(38)26(39)28-32(22,4)12-10-21-31(3)11-9-18(13-19(31)23(36)29(40)33(21,28)41)44-30-27(42-5)24(37)20(35)15-43-30/h16-30,34-41H,6-15H2,1-5H3/t16-,17+,18-,19+,20+,21+,22-,23+,24-,25+,26-,27+,28+,29+,30-,31-,32+,33-/m0/s1. The molecule has 0 unspecified atom stereocenters. The minimum Gasteiger partial charge on any atom is -0.396 e. The lowest BCUT2D eigenvalue weighted by atomic mass is 9.41. The lowest BCUT2D eigenvalue weighted by molar-refractivity contribution is -0.322. The summed E-state index contributed by atoms with van der Waals surface area (Å²) in [5, 5.41) is 89.0.